The Hall–Kier alpha value is -2.37. The second-order valence-corrected chi connectivity index (χ2v) is 5.96. The number of hydrogen-bond donors (Lipinski definition) is 2. The van der Waals surface area contributed by atoms with E-state index in [-0.39, 0.29) is 17.9 Å². The summed E-state index contributed by atoms with van der Waals surface area (Å²) in [6.45, 7) is 8.10. The minimum absolute atomic E-state index is 0.176. The first-order chi connectivity index (χ1) is 9.75. The lowest BCUT2D eigenvalue weighted by atomic mass is 9.90. The van der Waals surface area contributed by atoms with Crippen LogP contribution in [-0.2, 0) is 12.0 Å². The predicted molar refractivity (Wildman–Crippen MR) is 79.8 cm³/mol. The third-order valence-electron chi connectivity index (χ3n) is 2.95. The van der Waals surface area contributed by atoms with E-state index in [4.69, 9.17) is 10.2 Å². The van der Waals surface area contributed by atoms with Crippen LogP contribution in [-0.4, -0.2) is 15.9 Å². The van der Waals surface area contributed by atoms with Gasteiger partial charge in [0.15, 0.2) is 0 Å². The first-order valence-corrected chi connectivity index (χ1v) is 6.73. The Morgan fingerprint density at radius 3 is 2.67 bits per heavy atom. The van der Waals surface area contributed by atoms with Gasteiger partial charge >= 0.3 is 0 Å². The first kappa shape index (κ1) is 15.0. The average Bonchev–Trinajstić information content (AvgIpc) is 2.80. The molecule has 0 aliphatic heterocycles. The fourth-order valence-corrected chi connectivity index (χ4v) is 1.81. The fourth-order valence-electron chi connectivity index (χ4n) is 1.81. The van der Waals surface area contributed by atoms with E-state index in [2.05, 4.69) is 15.3 Å². The number of anilines is 1. The van der Waals surface area contributed by atoms with Crippen LogP contribution in [0.15, 0.2) is 22.7 Å². The van der Waals surface area contributed by atoms with Crippen molar-refractivity contribution in [3.8, 4) is 0 Å². The Kier molecular flexibility index (Phi) is 3.97. The number of nitrogens with zero attached hydrogens (tertiary/aromatic N) is 2. The van der Waals surface area contributed by atoms with Crippen LogP contribution in [0, 0.1) is 6.92 Å². The lowest BCUT2D eigenvalue weighted by Crippen LogP contribution is -2.24. The maximum atomic E-state index is 12.2. The Bertz CT molecular complexity index is 656. The van der Waals surface area contributed by atoms with Gasteiger partial charge in [-0.15, -0.1) is 0 Å². The maximum Gasteiger partial charge on any atom is 0.251 e. The summed E-state index contributed by atoms with van der Waals surface area (Å²) in [6, 6.07) is 3.32. The fraction of sp³-hybridized carbons (Fsp3) is 0.400. The second kappa shape index (κ2) is 5.55. The monoisotopic (exact) mass is 288 g/mol. The summed E-state index contributed by atoms with van der Waals surface area (Å²) in [6.07, 6.45) is 1.61. The standard InChI is InChI=1S/C15H20N4O2/c1-9-7-17-13(21-9)8-18-14(20)10-5-11(15(2,3)4)19-12(16)6-10/h5-7H,8H2,1-4H3,(H2,16,19)(H,18,20). The molecule has 0 unspecified atom stereocenters. The summed E-state index contributed by atoms with van der Waals surface area (Å²) >= 11 is 0. The Morgan fingerprint density at radius 1 is 1.38 bits per heavy atom. The molecule has 0 aliphatic carbocycles. The van der Waals surface area contributed by atoms with E-state index in [1.165, 1.54) is 0 Å². The summed E-state index contributed by atoms with van der Waals surface area (Å²) < 4.78 is 5.31. The molecule has 0 saturated heterocycles. The van der Waals surface area contributed by atoms with Crippen molar-refractivity contribution < 1.29 is 9.21 Å². The number of carbonyl (C=O) groups is 1. The van der Waals surface area contributed by atoms with Crippen LogP contribution in [0.1, 0.15) is 48.5 Å². The van der Waals surface area contributed by atoms with E-state index in [9.17, 15) is 4.79 Å². The molecule has 2 heterocycles. The number of nitrogens with one attached hydrogen (secondary N) is 1. The topological polar surface area (TPSA) is 94.0 Å². The van der Waals surface area contributed by atoms with Gasteiger partial charge in [0.1, 0.15) is 11.6 Å². The van der Waals surface area contributed by atoms with Crippen molar-refractivity contribution in [3.05, 3.63) is 41.2 Å². The van der Waals surface area contributed by atoms with Crippen molar-refractivity contribution in [3.63, 3.8) is 0 Å². The Labute approximate surface area is 123 Å². The number of carbonyl (C=O) groups excluding carboxylic acids is 1. The molecule has 21 heavy (non-hydrogen) atoms. The van der Waals surface area contributed by atoms with Crippen LogP contribution in [0.5, 0.6) is 0 Å². The van der Waals surface area contributed by atoms with Crippen LogP contribution in [0.2, 0.25) is 0 Å². The third kappa shape index (κ3) is 3.81. The van der Waals surface area contributed by atoms with Gasteiger partial charge in [0.2, 0.25) is 5.89 Å². The van der Waals surface area contributed by atoms with E-state index in [0.717, 1.165) is 5.69 Å². The molecule has 2 rings (SSSR count). The molecular weight excluding hydrogens is 268 g/mol. The molecule has 0 radical (unpaired) electrons. The number of pyridine rings is 1. The summed E-state index contributed by atoms with van der Waals surface area (Å²) in [5, 5.41) is 2.76. The predicted octanol–water partition coefficient (Wildman–Crippen LogP) is 2.19. The molecule has 112 valence electrons. The van der Waals surface area contributed by atoms with Crippen LogP contribution in [0.4, 0.5) is 5.82 Å². The summed E-state index contributed by atoms with van der Waals surface area (Å²) in [5.41, 5.74) is 6.87. The highest BCUT2D eigenvalue weighted by atomic mass is 16.4. The zero-order chi connectivity index (χ0) is 15.6. The highest BCUT2D eigenvalue weighted by molar-refractivity contribution is 5.94. The average molecular weight is 288 g/mol. The minimum Gasteiger partial charge on any atom is -0.444 e. The van der Waals surface area contributed by atoms with Gasteiger partial charge in [-0.2, -0.15) is 0 Å². The number of aromatic nitrogens is 2. The summed E-state index contributed by atoms with van der Waals surface area (Å²) in [5.74, 6) is 1.28. The van der Waals surface area contributed by atoms with Crippen molar-refractivity contribution >= 4 is 11.7 Å². The molecule has 6 heteroatoms. The van der Waals surface area contributed by atoms with Crippen molar-refractivity contribution in [2.24, 2.45) is 0 Å². The second-order valence-electron chi connectivity index (χ2n) is 5.96. The van der Waals surface area contributed by atoms with Gasteiger partial charge in [-0.05, 0) is 19.1 Å². The normalized spacial score (nSPS) is 11.4. The van der Waals surface area contributed by atoms with Crippen LogP contribution < -0.4 is 11.1 Å². The lowest BCUT2D eigenvalue weighted by Gasteiger charge is -2.19. The number of oxazole rings is 1. The Morgan fingerprint density at radius 2 is 2.10 bits per heavy atom. The highest BCUT2D eigenvalue weighted by Gasteiger charge is 2.18. The minimum atomic E-state index is -0.231. The molecule has 1 amide bonds. The molecule has 0 saturated carbocycles. The lowest BCUT2D eigenvalue weighted by molar-refractivity contribution is 0.0947. The number of nitrogen functional groups attached to an aromatic ring is 1. The van der Waals surface area contributed by atoms with Gasteiger partial charge in [-0.1, -0.05) is 20.8 Å². The number of amides is 1. The molecule has 0 bridgehead atoms. The number of hydrogen-bond acceptors (Lipinski definition) is 5. The molecule has 6 nitrogen and oxygen atoms in total. The van der Waals surface area contributed by atoms with Gasteiger partial charge < -0.3 is 15.5 Å². The summed E-state index contributed by atoms with van der Waals surface area (Å²) in [7, 11) is 0. The molecule has 0 aliphatic rings. The quantitative estimate of drug-likeness (QED) is 0.902. The Balaban J connectivity index is 2.13. The van der Waals surface area contributed by atoms with Crippen LogP contribution in [0.3, 0.4) is 0 Å². The molecule has 0 fully saturated rings. The van der Waals surface area contributed by atoms with Crippen molar-refractivity contribution in [2.45, 2.75) is 39.7 Å². The van der Waals surface area contributed by atoms with Crippen LogP contribution in [0.25, 0.3) is 0 Å². The van der Waals surface area contributed by atoms with Gasteiger partial charge in [0.25, 0.3) is 5.91 Å². The largest absolute Gasteiger partial charge is 0.444 e. The molecule has 0 spiro atoms. The smallest absolute Gasteiger partial charge is 0.251 e. The molecule has 2 aromatic rings. The zero-order valence-corrected chi connectivity index (χ0v) is 12.7. The summed E-state index contributed by atoms with van der Waals surface area (Å²) in [4.78, 5) is 20.5. The highest BCUT2D eigenvalue weighted by Crippen LogP contribution is 2.22. The number of nitrogens with two attached hydrogens (primary N) is 1. The van der Waals surface area contributed by atoms with Gasteiger partial charge in [-0.25, -0.2) is 9.97 Å². The van der Waals surface area contributed by atoms with E-state index < -0.39 is 0 Å². The van der Waals surface area contributed by atoms with Gasteiger partial charge in [-0.3, -0.25) is 4.79 Å². The zero-order valence-electron chi connectivity index (χ0n) is 12.7. The van der Waals surface area contributed by atoms with E-state index in [1.807, 2.05) is 20.8 Å². The molecule has 3 N–H and O–H groups in total. The first-order valence-electron chi connectivity index (χ1n) is 6.73. The van der Waals surface area contributed by atoms with Gasteiger partial charge in [0, 0.05) is 16.7 Å². The van der Waals surface area contributed by atoms with E-state index in [1.54, 1.807) is 25.3 Å². The molecule has 2 aromatic heterocycles. The van der Waals surface area contributed by atoms with Gasteiger partial charge in [0.05, 0.1) is 12.7 Å². The van der Waals surface area contributed by atoms with E-state index >= 15 is 0 Å². The van der Waals surface area contributed by atoms with Crippen molar-refractivity contribution in [1.82, 2.24) is 15.3 Å². The molecular formula is C15H20N4O2. The van der Waals surface area contributed by atoms with Crippen molar-refractivity contribution in [1.29, 1.82) is 0 Å². The molecule has 0 atom stereocenters. The van der Waals surface area contributed by atoms with Crippen molar-refractivity contribution in [2.75, 3.05) is 5.73 Å². The number of aryl methyl sites for hydroxylation is 1. The molecule has 0 aromatic carbocycles. The van der Waals surface area contributed by atoms with Crippen LogP contribution >= 0.6 is 0 Å². The third-order valence-corrected chi connectivity index (χ3v) is 2.95. The number of rotatable bonds is 3. The SMILES string of the molecule is Cc1cnc(CNC(=O)c2cc(N)nc(C(C)(C)C)c2)o1. The van der Waals surface area contributed by atoms with E-state index in [0.29, 0.717) is 23.0 Å². The maximum absolute atomic E-state index is 12.2.